The number of thioether (sulfide) groups is 1. The van der Waals surface area contributed by atoms with Crippen LogP contribution in [0.1, 0.15) is 12.8 Å². The van der Waals surface area contributed by atoms with Gasteiger partial charge < -0.3 is 5.32 Å². The van der Waals surface area contributed by atoms with Gasteiger partial charge >= 0.3 is 0 Å². The third-order valence-corrected chi connectivity index (χ3v) is 5.57. The normalized spacial score (nSPS) is 18.2. The second kappa shape index (κ2) is 6.73. The smallest absolute Gasteiger partial charge is 0.105 e. The van der Waals surface area contributed by atoms with Crippen molar-refractivity contribution in [3.05, 3.63) is 60.7 Å². The third kappa shape index (κ3) is 3.26. The molecule has 4 rings (SSSR count). The SMILES string of the molecule is c1ccc(-c2cc3ccccc3nc2SC2CCCNC2)cc1. The van der Waals surface area contributed by atoms with Crippen LogP contribution >= 0.6 is 11.8 Å². The number of hydrogen-bond acceptors (Lipinski definition) is 3. The summed E-state index contributed by atoms with van der Waals surface area (Å²) in [6.07, 6.45) is 2.52. The Kier molecular flexibility index (Phi) is 4.31. The molecule has 3 aromatic rings. The molecule has 0 aliphatic carbocycles. The Morgan fingerprint density at radius 1 is 1.00 bits per heavy atom. The zero-order valence-corrected chi connectivity index (χ0v) is 13.9. The third-order valence-electron chi connectivity index (χ3n) is 4.30. The van der Waals surface area contributed by atoms with Crippen LogP contribution in [0.4, 0.5) is 0 Å². The second-order valence-electron chi connectivity index (χ2n) is 5.99. The van der Waals surface area contributed by atoms with Crippen molar-refractivity contribution < 1.29 is 0 Å². The predicted molar refractivity (Wildman–Crippen MR) is 98.9 cm³/mol. The van der Waals surface area contributed by atoms with Gasteiger partial charge in [0.05, 0.1) is 5.52 Å². The molecule has 1 aromatic heterocycles. The molecular weight excluding hydrogens is 300 g/mol. The molecule has 2 heterocycles. The molecule has 0 saturated carbocycles. The highest BCUT2D eigenvalue weighted by Crippen LogP contribution is 2.36. The van der Waals surface area contributed by atoms with Crippen molar-refractivity contribution in [3.63, 3.8) is 0 Å². The van der Waals surface area contributed by atoms with Gasteiger partial charge in [0, 0.05) is 22.7 Å². The molecule has 116 valence electrons. The van der Waals surface area contributed by atoms with Crippen molar-refractivity contribution >= 4 is 22.7 Å². The van der Waals surface area contributed by atoms with Gasteiger partial charge in [-0.1, -0.05) is 48.5 Å². The molecule has 1 unspecified atom stereocenters. The summed E-state index contributed by atoms with van der Waals surface area (Å²) < 4.78 is 0. The quantitative estimate of drug-likeness (QED) is 0.754. The minimum absolute atomic E-state index is 0.611. The maximum absolute atomic E-state index is 4.98. The van der Waals surface area contributed by atoms with E-state index in [-0.39, 0.29) is 0 Å². The standard InChI is InChI=1S/C20H20N2S/c1-2-7-15(8-3-1)18-13-16-9-4-5-11-19(16)22-20(18)23-17-10-6-12-21-14-17/h1-5,7-9,11,13,17,21H,6,10,12,14H2. The van der Waals surface area contributed by atoms with Crippen LogP contribution < -0.4 is 5.32 Å². The molecule has 1 aliphatic heterocycles. The Hall–Kier alpha value is -1.84. The number of hydrogen-bond donors (Lipinski definition) is 1. The van der Waals surface area contributed by atoms with Crippen LogP contribution in [0, 0.1) is 0 Å². The van der Waals surface area contributed by atoms with Crippen molar-refractivity contribution in [3.8, 4) is 11.1 Å². The van der Waals surface area contributed by atoms with Crippen LogP contribution in [0.15, 0.2) is 65.7 Å². The maximum atomic E-state index is 4.98. The zero-order chi connectivity index (χ0) is 15.5. The number of rotatable bonds is 3. The molecule has 3 heteroatoms. The fourth-order valence-electron chi connectivity index (χ4n) is 3.09. The summed E-state index contributed by atoms with van der Waals surface area (Å²) >= 11 is 1.93. The van der Waals surface area contributed by atoms with Crippen molar-refractivity contribution in [1.29, 1.82) is 0 Å². The first-order valence-corrected chi connectivity index (χ1v) is 9.11. The van der Waals surface area contributed by atoms with Gasteiger partial charge in [-0.05, 0) is 37.1 Å². The van der Waals surface area contributed by atoms with Gasteiger partial charge in [0.15, 0.2) is 0 Å². The van der Waals surface area contributed by atoms with Gasteiger partial charge in [-0.2, -0.15) is 0 Å². The van der Waals surface area contributed by atoms with Crippen LogP contribution in [0.5, 0.6) is 0 Å². The summed E-state index contributed by atoms with van der Waals surface area (Å²) in [5.41, 5.74) is 3.58. The van der Waals surface area contributed by atoms with E-state index in [4.69, 9.17) is 4.98 Å². The average molecular weight is 320 g/mol. The number of piperidine rings is 1. The number of fused-ring (bicyclic) bond motifs is 1. The van der Waals surface area contributed by atoms with E-state index >= 15 is 0 Å². The molecule has 0 bridgehead atoms. The minimum atomic E-state index is 0.611. The predicted octanol–water partition coefficient (Wildman–Crippen LogP) is 4.75. The molecule has 1 atom stereocenters. The summed E-state index contributed by atoms with van der Waals surface area (Å²) in [6.45, 7) is 2.22. The highest BCUT2D eigenvalue weighted by atomic mass is 32.2. The maximum Gasteiger partial charge on any atom is 0.105 e. The summed E-state index contributed by atoms with van der Waals surface area (Å²) in [7, 11) is 0. The van der Waals surface area contributed by atoms with E-state index in [2.05, 4.69) is 66.0 Å². The highest BCUT2D eigenvalue weighted by molar-refractivity contribution is 8.00. The summed E-state index contributed by atoms with van der Waals surface area (Å²) in [4.78, 5) is 4.98. The molecule has 1 N–H and O–H groups in total. The Balaban J connectivity index is 1.79. The Morgan fingerprint density at radius 2 is 1.83 bits per heavy atom. The molecule has 1 saturated heterocycles. The molecule has 0 spiro atoms. The molecule has 0 amide bonds. The number of nitrogens with one attached hydrogen (secondary N) is 1. The van der Waals surface area contributed by atoms with Crippen molar-refractivity contribution in [2.45, 2.75) is 23.1 Å². The molecule has 23 heavy (non-hydrogen) atoms. The second-order valence-corrected chi connectivity index (χ2v) is 7.28. The Morgan fingerprint density at radius 3 is 2.65 bits per heavy atom. The fourth-order valence-corrected chi connectivity index (χ4v) is 4.35. The number of para-hydroxylation sites is 1. The van der Waals surface area contributed by atoms with Crippen LogP contribution in [-0.2, 0) is 0 Å². The average Bonchev–Trinajstić information content (AvgIpc) is 2.63. The van der Waals surface area contributed by atoms with Gasteiger partial charge in [0.25, 0.3) is 0 Å². The summed E-state index contributed by atoms with van der Waals surface area (Å²) in [5, 5.41) is 6.48. The first-order valence-electron chi connectivity index (χ1n) is 8.23. The van der Waals surface area contributed by atoms with E-state index in [1.165, 1.54) is 29.4 Å². The lowest BCUT2D eigenvalue weighted by atomic mass is 10.1. The van der Waals surface area contributed by atoms with Crippen LogP contribution in [0.25, 0.3) is 22.0 Å². The lowest BCUT2D eigenvalue weighted by Crippen LogP contribution is -2.31. The fraction of sp³-hybridized carbons (Fsp3) is 0.250. The molecule has 2 nitrogen and oxygen atoms in total. The van der Waals surface area contributed by atoms with Crippen molar-refractivity contribution in [1.82, 2.24) is 10.3 Å². The molecular formula is C20H20N2S. The molecule has 1 fully saturated rings. The van der Waals surface area contributed by atoms with Gasteiger partial charge in [0.2, 0.25) is 0 Å². The first-order chi connectivity index (χ1) is 11.4. The molecule has 0 radical (unpaired) electrons. The van der Waals surface area contributed by atoms with Crippen LogP contribution in [-0.4, -0.2) is 23.3 Å². The van der Waals surface area contributed by atoms with E-state index in [1.807, 2.05) is 11.8 Å². The summed E-state index contributed by atoms with van der Waals surface area (Å²) in [5.74, 6) is 0. The van der Waals surface area contributed by atoms with E-state index in [1.54, 1.807) is 0 Å². The largest absolute Gasteiger partial charge is 0.316 e. The topological polar surface area (TPSA) is 24.9 Å². The van der Waals surface area contributed by atoms with Gasteiger partial charge in [-0.3, -0.25) is 0 Å². The van der Waals surface area contributed by atoms with Gasteiger partial charge in [0.1, 0.15) is 5.03 Å². The number of nitrogens with zero attached hydrogens (tertiary/aromatic N) is 1. The monoisotopic (exact) mass is 320 g/mol. The molecule has 2 aromatic carbocycles. The number of pyridine rings is 1. The van der Waals surface area contributed by atoms with Crippen LogP contribution in [0.2, 0.25) is 0 Å². The zero-order valence-electron chi connectivity index (χ0n) is 13.0. The summed E-state index contributed by atoms with van der Waals surface area (Å²) in [6, 6.07) is 21.3. The van der Waals surface area contributed by atoms with E-state index in [9.17, 15) is 0 Å². The van der Waals surface area contributed by atoms with Gasteiger partial charge in [-0.25, -0.2) is 4.98 Å². The van der Waals surface area contributed by atoms with Crippen LogP contribution in [0.3, 0.4) is 0 Å². The lowest BCUT2D eigenvalue weighted by molar-refractivity contribution is 0.531. The number of aromatic nitrogens is 1. The van der Waals surface area contributed by atoms with Crippen molar-refractivity contribution in [2.24, 2.45) is 0 Å². The van der Waals surface area contributed by atoms with E-state index < -0.39 is 0 Å². The van der Waals surface area contributed by atoms with Gasteiger partial charge in [-0.15, -0.1) is 11.8 Å². The molecule has 1 aliphatic rings. The lowest BCUT2D eigenvalue weighted by Gasteiger charge is -2.23. The van der Waals surface area contributed by atoms with E-state index in [0.29, 0.717) is 5.25 Å². The highest BCUT2D eigenvalue weighted by Gasteiger charge is 2.18. The Bertz CT molecular complexity index is 795. The Labute approximate surface area is 141 Å². The van der Waals surface area contributed by atoms with E-state index in [0.717, 1.165) is 23.6 Å². The van der Waals surface area contributed by atoms with Crippen molar-refractivity contribution in [2.75, 3.05) is 13.1 Å². The number of benzene rings is 2. The first kappa shape index (κ1) is 14.7. The minimum Gasteiger partial charge on any atom is -0.316 e.